The van der Waals surface area contributed by atoms with Crippen LogP contribution in [0.15, 0.2) is 46.9 Å². The third kappa shape index (κ3) is 3.13. The van der Waals surface area contributed by atoms with Crippen molar-refractivity contribution in [1.82, 2.24) is 0 Å². The van der Waals surface area contributed by atoms with Crippen molar-refractivity contribution in [3.8, 4) is 11.8 Å². The number of hydrogen-bond donors (Lipinski definition) is 1. The summed E-state index contributed by atoms with van der Waals surface area (Å²) in [6.07, 6.45) is 5.51. The maximum absolute atomic E-state index is 9.95. The molecule has 0 atom stereocenters. The Balaban J connectivity index is 1.61. The molecule has 0 heterocycles. The predicted octanol–water partition coefficient (Wildman–Crippen LogP) is 6.28. The molecule has 0 radical (unpaired) electrons. The molecule has 138 valence electrons. The minimum absolute atomic E-state index is 0.0692. The number of rotatable bonds is 3. The van der Waals surface area contributed by atoms with Gasteiger partial charge in [0.1, 0.15) is 11.3 Å². The number of anilines is 1. The predicted molar refractivity (Wildman–Crippen MR) is 113 cm³/mol. The largest absolute Gasteiger partial charge is 0.497 e. The monoisotopic (exact) mass is 442 g/mol. The van der Waals surface area contributed by atoms with Crippen molar-refractivity contribution in [1.29, 1.82) is 5.26 Å². The van der Waals surface area contributed by atoms with Gasteiger partial charge in [-0.1, -0.05) is 39.7 Å². The quantitative estimate of drug-likeness (QED) is 0.607. The SMILES string of the molecule is COc1ccc2c(c1)C1(CCC(C#N)(Nc3cccc(Cl)c3)CC1)C(Br)=C2. The smallest absolute Gasteiger partial charge is 0.125 e. The van der Waals surface area contributed by atoms with Crippen molar-refractivity contribution < 1.29 is 4.74 Å². The number of nitrogens with one attached hydrogen (secondary N) is 1. The lowest BCUT2D eigenvalue weighted by atomic mass is 9.65. The van der Waals surface area contributed by atoms with Gasteiger partial charge in [0, 0.05) is 20.6 Å². The highest BCUT2D eigenvalue weighted by Crippen LogP contribution is 2.55. The third-order valence-electron chi connectivity index (χ3n) is 5.89. The van der Waals surface area contributed by atoms with Gasteiger partial charge in [0.25, 0.3) is 0 Å². The molecule has 1 spiro atoms. The summed E-state index contributed by atoms with van der Waals surface area (Å²) in [5, 5.41) is 14.1. The van der Waals surface area contributed by atoms with Crippen molar-refractivity contribution >= 4 is 39.3 Å². The Kier molecular flexibility index (Phi) is 4.70. The first-order valence-electron chi connectivity index (χ1n) is 9.01. The molecule has 2 aliphatic rings. The van der Waals surface area contributed by atoms with E-state index in [1.807, 2.05) is 30.3 Å². The highest BCUT2D eigenvalue weighted by atomic mass is 79.9. The average molecular weight is 444 g/mol. The van der Waals surface area contributed by atoms with Crippen LogP contribution in [0.1, 0.15) is 36.8 Å². The minimum atomic E-state index is -0.579. The first-order valence-corrected chi connectivity index (χ1v) is 10.2. The van der Waals surface area contributed by atoms with Crippen LogP contribution in [0.5, 0.6) is 5.75 Å². The van der Waals surface area contributed by atoms with Crippen LogP contribution in [0.2, 0.25) is 5.02 Å². The summed E-state index contributed by atoms with van der Waals surface area (Å²) in [4.78, 5) is 0. The van der Waals surface area contributed by atoms with Gasteiger partial charge in [0.2, 0.25) is 0 Å². The summed E-state index contributed by atoms with van der Waals surface area (Å²) in [7, 11) is 1.70. The van der Waals surface area contributed by atoms with Crippen molar-refractivity contribution in [3.63, 3.8) is 0 Å². The topological polar surface area (TPSA) is 45.0 Å². The molecule has 5 heteroatoms. The fraction of sp³-hybridized carbons (Fsp3) is 0.318. The van der Waals surface area contributed by atoms with Crippen molar-refractivity contribution in [2.75, 3.05) is 12.4 Å². The Labute approximate surface area is 173 Å². The van der Waals surface area contributed by atoms with Gasteiger partial charge >= 0.3 is 0 Å². The van der Waals surface area contributed by atoms with Crippen molar-refractivity contribution in [3.05, 3.63) is 63.1 Å². The molecule has 1 fully saturated rings. The number of ether oxygens (including phenoxy) is 1. The molecule has 4 rings (SSSR count). The Morgan fingerprint density at radius 2 is 1.93 bits per heavy atom. The third-order valence-corrected chi connectivity index (χ3v) is 7.12. The number of nitrogens with zero attached hydrogens (tertiary/aromatic N) is 1. The highest BCUT2D eigenvalue weighted by Gasteiger charge is 2.48. The van der Waals surface area contributed by atoms with E-state index in [1.54, 1.807) is 7.11 Å². The van der Waals surface area contributed by atoms with Crippen LogP contribution in [-0.2, 0) is 5.41 Å². The van der Waals surface area contributed by atoms with E-state index < -0.39 is 5.54 Å². The molecule has 0 saturated heterocycles. The van der Waals surface area contributed by atoms with Gasteiger partial charge in [-0.2, -0.15) is 5.26 Å². The molecular weight excluding hydrogens is 424 g/mol. The second-order valence-corrected chi connectivity index (χ2v) is 8.65. The van der Waals surface area contributed by atoms with E-state index in [0.717, 1.165) is 37.1 Å². The van der Waals surface area contributed by atoms with E-state index in [2.05, 4.69) is 45.5 Å². The number of benzene rings is 2. The second kappa shape index (κ2) is 6.89. The molecule has 2 aliphatic carbocycles. The van der Waals surface area contributed by atoms with Crippen LogP contribution in [0.25, 0.3) is 6.08 Å². The molecule has 27 heavy (non-hydrogen) atoms. The standard InChI is InChI=1S/C22H20BrClN2O/c1-27-18-6-5-15-11-20(23)22(19(15)13-18)9-7-21(14-25,8-10-22)26-17-4-2-3-16(24)12-17/h2-6,11-13,26H,7-10H2,1H3. The number of halogens is 2. The molecule has 1 N–H and O–H groups in total. The summed E-state index contributed by atoms with van der Waals surface area (Å²) < 4.78 is 6.65. The summed E-state index contributed by atoms with van der Waals surface area (Å²) in [5.41, 5.74) is 2.77. The Hall–Kier alpha value is -1.96. The van der Waals surface area contributed by atoms with E-state index in [0.29, 0.717) is 5.02 Å². The molecule has 1 saturated carbocycles. The molecule has 0 aromatic heterocycles. The molecular formula is C22H20BrClN2O. The number of fused-ring (bicyclic) bond motifs is 2. The van der Waals surface area contributed by atoms with Crippen molar-refractivity contribution in [2.24, 2.45) is 0 Å². The summed E-state index contributed by atoms with van der Waals surface area (Å²) in [5.74, 6) is 0.873. The Morgan fingerprint density at radius 3 is 2.59 bits per heavy atom. The van der Waals surface area contributed by atoms with Gasteiger partial charge in [-0.15, -0.1) is 0 Å². The van der Waals surface area contributed by atoms with Crippen LogP contribution in [-0.4, -0.2) is 12.6 Å². The van der Waals surface area contributed by atoms with Crippen LogP contribution in [0.4, 0.5) is 5.69 Å². The van der Waals surface area contributed by atoms with Crippen LogP contribution in [0, 0.1) is 11.3 Å². The average Bonchev–Trinajstić information content (AvgIpc) is 2.95. The zero-order valence-electron chi connectivity index (χ0n) is 15.1. The Morgan fingerprint density at radius 1 is 1.15 bits per heavy atom. The number of allylic oxidation sites excluding steroid dienone is 1. The zero-order valence-corrected chi connectivity index (χ0v) is 17.4. The zero-order chi connectivity index (χ0) is 19.1. The lowest BCUT2D eigenvalue weighted by Crippen LogP contribution is -2.45. The minimum Gasteiger partial charge on any atom is -0.497 e. The summed E-state index contributed by atoms with van der Waals surface area (Å²) >= 11 is 9.92. The van der Waals surface area contributed by atoms with E-state index in [1.165, 1.54) is 15.6 Å². The van der Waals surface area contributed by atoms with Gasteiger partial charge in [-0.05, 0) is 73.2 Å². The van der Waals surface area contributed by atoms with Gasteiger partial charge < -0.3 is 10.1 Å². The normalized spacial score (nSPS) is 26.2. The fourth-order valence-corrected chi connectivity index (χ4v) is 5.37. The molecule has 0 aliphatic heterocycles. The van der Waals surface area contributed by atoms with Crippen LogP contribution in [0.3, 0.4) is 0 Å². The molecule has 0 unspecified atom stereocenters. The summed E-state index contributed by atoms with van der Waals surface area (Å²) in [6, 6.07) is 16.4. The molecule has 2 aromatic carbocycles. The maximum atomic E-state index is 9.95. The summed E-state index contributed by atoms with van der Waals surface area (Å²) in [6.45, 7) is 0. The fourth-order valence-electron chi connectivity index (χ4n) is 4.32. The second-order valence-electron chi connectivity index (χ2n) is 7.36. The van der Waals surface area contributed by atoms with Crippen LogP contribution < -0.4 is 10.1 Å². The highest BCUT2D eigenvalue weighted by molar-refractivity contribution is 9.11. The molecule has 0 amide bonds. The number of nitriles is 1. The van der Waals surface area contributed by atoms with E-state index >= 15 is 0 Å². The first-order chi connectivity index (χ1) is 13.0. The maximum Gasteiger partial charge on any atom is 0.125 e. The molecule has 3 nitrogen and oxygen atoms in total. The first kappa shape index (κ1) is 18.4. The van der Waals surface area contributed by atoms with Gasteiger partial charge in [-0.3, -0.25) is 0 Å². The van der Waals surface area contributed by atoms with Gasteiger partial charge in [0.05, 0.1) is 13.2 Å². The molecule has 0 bridgehead atoms. The number of hydrogen-bond acceptors (Lipinski definition) is 3. The van der Waals surface area contributed by atoms with E-state index in [4.69, 9.17) is 16.3 Å². The van der Waals surface area contributed by atoms with Gasteiger partial charge in [0.15, 0.2) is 0 Å². The lowest BCUT2D eigenvalue weighted by molar-refractivity contribution is 0.294. The van der Waals surface area contributed by atoms with Gasteiger partial charge in [-0.25, -0.2) is 0 Å². The van der Waals surface area contributed by atoms with E-state index in [-0.39, 0.29) is 5.41 Å². The molecule has 2 aromatic rings. The Bertz CT molecular complexity index is 955. The lowest BCUT2D eigenvalue weighted by Gasteiger charge is -2.43. The number of methoxy groups -OCH3 is 1. The van der Waals surface area contributed by atoms with E-state index in [9.17, 15) is 5.26 Å². The van der Waals surface area contributed by atoms with Crippen molar-refractivity contribution in [2.45, 2.75) is 36.6 Å². The van der Waals surface area contributed by atoms with Crippen LogP contribution >= 0.6 is 27.5 Å².